The Morgan fingerprint density at radius 2 is 2.00 bits per heavy atom. The quantitative estimate of drug-likeness (QED) is 0.721. The normalized spacial score (nSPS) is 20.3. The highest BCUT2D eigenvalue weighted by Crippen LogP contribution is 2.34. The van der Waals surface area contributed by atoms with Crippen LogP contribution in [0.25, 0.3) is 0 Å². The second-order valence-electron chi connectivity index (χ2n) is 5.92. The predicted molar refractivity (Wildman–Crippen MR) is 88.1 cm³/mol. The van der Waals surface area contributed by atoms with Crippen LogP contribution >= 0.6 is 0 Å². The molecule has 1 aromatic rings. The number of amides is 1. The molecule has 5 nitrogen and oxygen atoms in total. The van der Waals surface area contributed by atoms with Gasteiger partial charge < -0.3 is 19.9 Å². The number of carbonyl (C=O) groups is 1. The first-order chi connectivity index (χ1) is 12.3. The Labute approximate surface area is 149 Å². The molecule has 144 valence electrons. The standard InChI is InChI=1S/C18H22F3NO4/c1-22-17(24)15-10-13(11-16(26-15)25-9-3-2-8-23)12-4-6-14(7-5-12)18(19,20)21/h4-7,10,13,16,23H,2-3,8-9,11H2,1H3,(H,22,24)/t13-,16+/m1/s1. The molecule has 0 unspecified atom stereocenters. The number of alkyl halides is 3. The van der Waals surface area contributed by atoms with Gasteiger partial charge in [-0.1, -0.05) is 12.1 Å². The molecule has 1 aliphatic heterocycles. The van der Waals surface area contributed by atoms with E-state index < -0.39 is 23.9 Å². The van der Waals surface area contributed by atoms with Crippen molar-refractivity contribution < 1.29 is 32.5 Å². The number of halogens is 3. The van der Waals surface area contributed by atoms with Crippen molar-refractivity contribution in [2.24, 2.45) is 0 Å². The number of rotatable bonds is 7. The van der Waals surface area contributed by atoms with E-state index in [1.54, 1.807) is 6.08 Å². The number of benzene rings is 1. The molecule has 0 radical (unpaired) electrons. The fraction of sp³-hybridized carbons (Fsp3) is 0.500. The van der Waals surface area contributed by atoms with Gasteiger partial charge in [0.15, 0.2) is 5.76 Å². The largest absolute Gasteiger partial charge is 0.459 e. The van der Waals surface area contributed by atoms with Crippen LogP contribution in [0.15, 0.2) is 36.1 Å². The Kier molecular flexibility index (Phi) is 7.05. The smallest absolute Gasteiger partial charge is 0.416 e. The molecular formula is C18H22F3NO4. The number of ether oxygens (including phenoxy) is 2. The second-order valence-corrected chi connectivity index (χ2v) is 5.92. The lowest BCUT2D eigenvalue weighted by Gasteiger charge is -2.29. The maximum absolute atomic E-state index is 12.7. The molecule has 1 aliphatic rings. The van der Waals surface area contributed by atoms with Gasteiger partial charge in [0.2, 0.25) is 6.29 Å². The van der Waals surface area contributed by atoms with Gasteiger partial charge in [-0.3, -0.25) is 4.79 Å². The summed E-state index contributed by atoms with van der Waals surface area (Å²) in [5.41, 5.74) is -0.0766. The van der Waals surface area contributed by atoms with Gasteiger partial charge in [-0.15, -0.1) is 0 Å². The zero-order valence-electron chi connectivity index (χ0n) is 14.4. The minimum Gasteiger partial charge on any atom is -0.459 e. The number of carbonyl (C=O) groups excluding carboxylic acids is 1. The Bertz CT molecular complexity index is 628. The molecule has 0 spiro atoms. The third-order valence-corrected chi connectivity index (χ3v) is 4.03. The van der Waals surface area contributed by atoms with Crippen LogP contribution < -0.4 is 5.32 Å². The van der Waals surface area contributed by atoms with Crippen LogP contribution in [0, 0.1) is 0 Å². The highest BCUT2D eigenvalue weighted by molar-refractivity contribution is 5.91. The summed E-state index contributed by atoms with van der Waals surface area (Å²) in [4.78, 5) is 11.9. The van der Waals surface area contributed by atoms with Gasteiger partial charge in [0.05, 0.1) is 12.2 Å². The fourth-order valence-electron chi connectivity index (χ4n) is 2.62. The number of aliphatic hydroxyl groups is 1. The number of nitrogens with one attached hydrogen (secondary N) is 1. The minimum absolute atomic E-state index is 0.0620. The Hall–Kier alpha value is -2.06. The third kappa shape index (κ3) is 5.47. The zero-order valence-corrected chi connectivity index (χ0v) is 14.4. The molecule has 0 fully saturated rings. The van der Waals surface area contributed by atoms with Crippen LogP contribution in [-0.4, -0.2) is 37.6 Å². The van der Waals surface area contributed by atoms with Crippen LogP contribution in [-0.2, 0) is 20.4 Å². The summed E-state index contributed by atoms with van der Waals surface area (Å²) in [6.45, 7) is 0.415. The van der Waals surface area contributed by atoms with E-state index in [1.807, 2.05) is 0 Å². The van der Waals surface area contributed by atoms with Gasteiger partial charge in [0.25, 0.3) is 5.91 Å². The number of unbranched alkanes of at least 4 members (excludes halogenated alkanes) is 1. The average Bonchev–Trinajstić information content (AvgIpc) is 2.63. The van der Waals surface area contributed by atoms with E-state index in [4.69, 9.17) is 14.6 Å². The summed E-state index contributed by atoms with van der Waals surface area (Å²) in [5, 5.41) is 11.3. The summed E-state index contributed by atoms with van der Waals surface area (Å²) in [6.07, 6.45) is -1.87. The van der Waals surface area contributed by atoms with Crippen LogP contribution in [0.3, 0.4) is 0 Å². The van der Waals surface area contributed by atoms with Crippen LogP contribution in [0.5, 0.6) is 0 Å². The zero-order chi connectivity index (χ0) is 19.2. The van der Waals surface area contributed by atoms with Crippen molar-refractivity contribution in [3.05, 3.63) is 47.2 Å². The SMILES string of the molecule is CNC(=O)C1=C[C@@H](c2ccc(C(F)(F)F)cc2)C[C@@H](OCCCCO)O1. The van der Waals surface area contributed by atoms with Gasteiger partial charge >= 0.3 is 6.18 Å². The van der Waals surface area contributed by atoms with E-state index in [0.29, 0.717) is 31.4 Å². The lowest BCUT2D eigenvalue weighted by molar-refractivity contribution is -0.146. The van der Waals surface area contributed by atoms with Crippen molar-refractivity contribution in [1.29, 1.82) is 0 Å². The number of allylic oxidation sites excluding steroid dienone is 1. The molecule has 26 heavy (non-hydrogen) atoms. The van der Waals surface area contributed by atoms with Crippen LogP contribution in [0.1, 0.15) is 36.3 Å². The summed E-state index contributed by atoms with van der Waals surface area (Å²) in [6, 6.07) is 4.85. The number of aliphatic hydroxyl groups excluding tert-OH is 1. The highest BCUT2D eigenvalue weighted by Gasteiger charge is 2.32. The van der Waals surface area contributed by atoms with Gasteiger partial charge in [0.1, 0.15) is 0 Å². The van der Waals surface area contributed by atoms with Gasteiger partial charge in [-0.2, -0.15) is 13.2 Å². The van der Waals surface area contributed by atoms with Gasteiger partial charge in [-0.05, 0) is 36.6 Å². The lowest BCUT2D eigenvalue weighted by atomic mass is 9.92. The minimum atomic E-state index is -4.39. The number of hydrogen-bond acceptors (Lipinski definition) is 4. The summed E-state index contributed by atoms with van der Waals surface area (Å²) >= 11 is 0. The molecule has 0 aromatic heterocycles. The average molecular weight is 373 g/mol. The summed E-state index contributed by atoms with van der Waals surface area (Å²) in [7, 11) is 1.46. The van der Waals surface area contributed by atoms with Crippen molar-refractivity contribution in [1.82, 2.24) is 5.32 Å². The first kappa shape index (κ1) is 20.3. The van der Waals surface area contributed by atoms with E-state index in [1.165, 1.54) is 19.2 Å². The number of hydrogen-bond donors (Lipinski definition) is 2. The Morgan fingerprint density at radius 1 is 1.31 bits per heavy atom. The maximum Gasteiger partial charge on any atom is 0.416 e. The van der Waals surface area contributed by atoms with Crippen molar-refractivity contribution in [2.45, 2.75) is 37.6 Å². The fourth-order valence-corrected chi connectivity index (χ4v) is 2.62. The monoisotopic (exact) mass is 373 g/mol. The lowest BCUT2D eigenvalue weighted by Crippen LogP contribution is -2.31. The van der Waals surface area contributed by atoms with Crippen molar-refractivity contribution in [3.8, 4) is 0 Å². The molecular weight excluding hydrogens is 351 g/mol. The van der Waals surface area contributed by atoms with Gasteiger partial charge in [0, 0.05) is 26.0 Å². The molecule has 2 N–H and O–H groups in total. The maximum atomic E-state index is 12.7. The molecule has 0 saturated carbocycles. The Balaban J connectivity index is 2.14. The second kappa shape index (κ2) is 9.05. The highest BCUT2D eigenvalue weighted by atomic mass is 19.4. The molecule has 0 aliphatic carbocycles. The summed E-state index contributed by atoms with van der Waals surface area (Å²) in [5.74, 6) is -0.650. The summed E-state index contributed by atoms with van der Waals surface area (Å²) < 4.78 is 49.3. The molecule has 2 atom stereocenters. The topological polar surface area (TPSA) is 67.8 Å². The van der Waals surface area contributed by atoms with E-state index >= 15 is 0 Å². The van der Waals surface area contributed by atoms with Crippen LogP contribution in [0.4, 0.5) is 13.2 Å². The molecule has 1 heterocycles. The molecule has 0 bridgehead atoms. The molecule has 0 saturated heterocycles. The van der Waals surface area contributed by atoms with Crippen molar-refractivity contribution in [3.63, 3.8) is 0 Å². The first-order valence-electron chi connectivity index (χ1n) is 8.35. The molecule has 8 heteroatoms. The molecule has 1 aromatic carbocycles. The van der Waals surface area contributed by atoms with Crippen molar-refractivity contribution >= 4 is 5.91 Å². The first-order valence-corrected chi connectivity index (χ1v) is 8.35. The predicted octanol–water partition coefficient (Wildman–Crippen LogP) is 2.95. The molecule has 1 amide bonds. The van der Waals surface area contributed by atoms with E-state index in [-0.39, 0.29) is 18.3 Å². The number of likely N-dealkylation sites (N-methyl/N-ethyl adjacent to an activating group) is 1. The third-order valence-electron chi connectivity index (χ3n) is 4.03. The molecule has 2 rings (SSSR count). The van der Waals surface area contributed by atoms with E-state index in [9.17, 15) is 18.0 Å². The van der Waals surface area contributed by atoms with Gasteiger partial charge in [-0.25, -0.2) is 0 Å². The van der Waals surface area contributed by atoms with Crippen LogP contribution in [0.2, 0.25) is 0 Å². The Morgan fingerprint density at radius 3 is 2.58 bits per heavy atom. The van der Waals surface area contributed by atoms with E-state index in [2.05, 4.69) is 5.32 Å². The van der Waals surface area contributed by atoms with E-state index in [0.717, 1.165) is 12.1 Å². The van der Waals surface area contributed by atoms with Crippen molar-refractivity contribution in [2.75, 3.05) is 20.3 Å².